The fourth-order valence-corrected chi connectivity index (χ4v) is 5.28. The molecule has 1 fully saturated rings. The van der Waals surface area contributed by atoms with Gasteiger partial charge in [0, 0.05) is 24.3 Å². The first kappa shape index (κ1) is 23.8. The third kappa shape index (κ3) is 4.77. The van der Waals surface area contributed by atoms with Gasteiger partial charge >= 0.3 is 0 Å². The smallest absolute Gasteiger partial charge is 0.266 e. The van der Waals surface area contributed by atoms with Crippen LogP contribution in [0.25, 0.3) is 16.6 Å². The third-order valence-electron chi connectivity index (χ3n) is 6.19. The predicted octanol–water partition coefficient (Wildman–Crippen LogP) is 4.86. The Kier molecular flexibility index (Phi) is 6.61. The fourth-order valence-electron chi connectivity index (χ4n) is 4.48. The van der Waals surface area contributed by atoms with Gasteiger partial charge in [0.25, 0.3) is 5.56 Å². The van der Waals surface area contributed by atoms with Gasteiger partial charge in [-0.2, -0.15) is 0 Å². The number of thioether (sulfide) groups is 1. The highest BCUT2D eigenvalue weighted by molar-refractivity contribution is 7.99. The SMILES string of the molecule is Cc1ccc(-n2c(SCC(=O)Nc3cccc(N4CCCC4=O)c3)nc3ccccc3c2=O)c(C)c1. The van der Waals surface area contributed by atoms with Gasteiger partial charge in [-0.15, -0.1) is 0 Å². The number of nitrogens with zero attached hydrogens (tertiary/aromatic N) is 3. The topological polar surface area (TPSA) is 84.3 Å². The number of aromatic nitrogens is 2. The molecule has 182 valence electrons. The number of rotatable bonds is 6. The fraction of sp³-hybridized carbons (Fsp3) is 0.214. The van der Waals surface area contributed by atoms with E-state index in [1.165, 1.54) is 11.8 Å². The summed E-state index contributed by atoms with van der Waals surface area (Å²) in [7, 11) is 0. The zero-order valence-corrected chi connectivity index (χ0v) is 21.0. The third-order valence-corrected chi connectivity index (χ3v) is 7.12. The zero-order chi connectivity index (χ0) is 25.2. The number of carbonyl (C=O) groups is 2. The van der Waals surface area contributed by atoms with Crippen LogP contribution in [0.3, 0.4) is 0 Å². The summed E-state index contributed by atoms with van der Waals surface area (Å²) >= 11 is 1.22. The minimum atomic E-state index is -0.223. The monoisotopic (exact) mass is 498 g/mol. The highest BCUT2D eigenvalue weighted by Crippen LogP contribution is 2.26. The minimum Gasteiger partial charge on any atom is -0.325 e. The molecule has 0 aliphatic carbocycles. The summed E-state index contributed by atoms with van der Waals surface area (Å²) in [6, 6.07) is 20.4. The Hall–Kier alpha value is -3.91. The van der Waals surface area contributed by atoms with Gasteiger partial charge in [0.1, 0.15) is 0 Å². The number of nitrogens with one attached hydrogen (secondary N) is 1. The van der Waals surface area contributed by atoms with E-state index in [1.807, 2.05) is 62.4 Å². The summed E-state index contributed by atoms with van der Waals surface area (Å²) in [6.07, 6.45) is 1.39. The van der Waals surface area contributed by atoms with Crippen molar-refractivity contribution in [1.82, 2.24) is 9.55 Å². The summed E-state index contributed by atoms with van der Waals surface area (Å²) in [6.45, 7) is 4.66. The lowest BCUT2D eigenvalue weighted by molar-refractivity contribution is -0.117. The molecule has 0 atom stereocenters. The molecule has 0 unspecified atom stereocenters. The van der Waals surface area contributed by atoms with Crippen molar-refractivity contribution in [2.75, 3.05) is 22.5 Å². The summed E-state index contributed by atoms with van der Waals surface area (Å²) in [5, 5.41) is 3.89. The van der Waals surface area contributed by atoms with Gasteiger partial charge < -0.3 is 10.2 Å². The van der Waals surface area contributed by atoms with E-state index in [9.17, 15) is 14.4 Å². The highest BCUT2D eigenvalue weighted by atomic mass is 32.2. The summed E-state index contributed by atoms with van der Waals surface area (Å²) in [5.41, 5.74) is 4.62. The lowest BCUT2D eigenvalue weighted by Crippen LogP contribution is -2.24. The quantitative estimate of drug-likeness (QED) is 0.303. The molecule has 1 aliphatic rings. The largest absolute Gasteiger partial charge is 0.325 e. The molecule has 1 N–H and O–H groups in total. The van der Waals surface area contributed by atoms with Crippen LogP contribution in [0.5, 0.6) is 0 Å². The summed E-state index contributed by atoms with van der Waals surface area (Å²) < 4.78 is 1.59. The van der Waals surface area contributed by atoms with E-state index in [-0.39, 0.29) is 23.1 Å². The second-order valence-corrected chi connectivity index (χ2v) is 9.82. The molecule has 0 saturated carbocycles. The lowest BCUT2D eigenvalue weighted by Gasteiger charge is -2.17. The molecule has 1 saturated heterocycles. The van der Waals surface area contributed by atoms with Gasteiger partial charge in [0.15, 0.2) is 5.16 Å². The van der Waals surface area contributed by atoms with Crippen molar-refractivity contribution in [3.8, 4) is 5.69 Å². The molecule has 0 spiro atoms. The molecular weight excluding hydrogens is 472 g/mol. The zero-order valence-electron chi connectivity index (χ0n) is 20.2. The van der Waals surface area contributed by atoms with Crippen molar-refractivity contribution in [3.63, 3.8) is 0 Å². The van der Waals surface area contributed by atoms with Crippen molar-refractivity contribution >= 4 is 45.9 Å². The molecule has 2 amide bonds. The van der Waals surface area contributed by atoms with E-state index in [0.29, 0.717) is 34.7 Å². The normalized spacial score (nSPS) is 13.4. The highest BCUT2D eigenvalue weighted by Gasteiger charge is 2.22. The standard InChI is InChI=1S/C28H26N4O3S/c1-18-12-13-24(19(2)15-18)32-27(35)22-9-3-4-10-23(22)30-28(32)36-17-25(33)29-20-7-5-8-21(16-20)31-14-6-11-26(31)34/h3-5,7-10,12-13,15-16H,6,11,14,17H2,1-2H3,(H,29,33). The van der Waals surface area contributed by atoms with Crippen LogP contribution in [0.4, 0.5) is 11.4 Å². The number of amides is 2. The molecule has 0 bridgehead atoms. The van der Waals surface area contributed by atoms with E-state index in [2.05, 4.69) is 5.32 Å². The Morgan fingerprint density at radius 2 is 1.86 bits per heavy atom. The van der Waals surface area contributed by atoms with Crippen LogP contribution in [0.1, 0.15) is 24.0 Å². The molecular formula is C28H26N4O3S. The Bertz CT molecular complexity index is 1550. The molecule has 2 heterocycles. The van der Waals surface area contributed by atoms with Gasteiger partial charge in [-0.3, -0.25) is 19.0 Å². The molecule has 36 heavy (non-hydrogen) atoms. The lowest BCUT2D eigenvalue weighted by atomic mass is 10.1. The molecule has 7 nitrogen and oxygen atoms in total. The number of anilines is 2. The van der Waals surface area contributed by atoms with E-state index >= 15 is 0 Å². The average Bonchev–Trinajstić information content (AvgIpc) is 3.30. The van der Waals surface area contributed by atoms with Crippen LogP contribution in [0.15, 0.2) is 76.7 Å². The van der Waals surface area contributed by atoms with Crippen LogP contribution in [0, 0.1) is 13.8 Å². The van der Waals surface area contributed by atoms with Crippen LogP contribution in [-0.4, -0.2) is 33.7 Å². The molecule has 3 aromatic carbocycles. The van der Waals surface area contributed by atoms with Crippen LogP contribution in [0.2, 0.25) is 0 Å². The number of benzene rings is 3. The first-order chi connectivity index (χ1) is 17.4. The number of fused-ring (bicyclic) bond motifs is 1. The van der Waals surface area contributed by atoms with Crippen LogP contribution < -0.4 is 15.8 Å². The first-order valence-electron chi connectivity index (χ1n) is 11.8. The second kappa shape index (κ2) is 9.99. The number of hydrogen-bond acceptors (Lipinski definition) is 5. The number of para-hydroxylation sites is 1. The summed E-state index contributed by atoms with van der Waals surface area (Å²) in [4.78, 5) is 44.9. The van der Waals surface area contributed by atoms with Gasteiger partial charge in [-0.25, -0.2) is 4.98 Å². The Morgan fingerprint density at radius 3 is 2.64 bits per heavy atom. The van der Waals surface area contributed by atoms with Crippen molar-refractivity contribution < 1.29 is 9.59 Å². The number of carbonyl (C=O) groups excluding carboxylic acids is 2. The van der Waals surface area contributed by atoms with Crippen molar-refractivity contribution in [2.24, 2.45) is 0 Å². The van der Waals surface area contributed by atoms with Gasteiger partial charge in [-0.1, -0.05) is 47.7 Å². The van der Waals surface area contributed by atoms with Gasteiger partial charge in [0.2, 0.25) is 11.8 Å². The van der Waals surface area contributed by atoms with Crippen LogP contribution in [-0.2, 0) is 9.59 Å². The molecule has 4 aromatic rings. The Morgan fingerprint density at radius 1 is 1.03 bits per heavy atom. The maximum absolute atomic E-state index is 13.5. The number of hydrogen-bond donors (Lipinski definition) is 1. The van der Waals surface area contributed by atoms with E-state index in [0.717, 1.165) is 28.9 Å². The summed E-state index contributed by atoms with van der Waals surface area (Å²) in [5.74, 6) is -0.0528. The van der Waals surface area contributed by atoms with Gasteiger partial charge in [0.05, 0.1) is 22.3 Å². The molecule has 0 radical (unpaired) electrons. The first-order valence-corrected chi connectivity index (χ1v) is 12.8. The van der Waals surface area contributed by atoms with Crippen molar-refractivity contribution in [3.05, 3.63) is 88.2 Å². The molecule has 8 heteroatoms. The minimum absolute atomic E-state index is 0.0720. The van der Waals surface area contributed by atoms with Crippen LogP contribution >= 0.6 is 11.8 Å². The molecule has 1 aliphatic heterocycles. The number of aryl methyl sites for hydroxylation is 2. The molecule has 1 aromatic heterocycles. The molecule has 5 rings (SSSR count). The second-order valence-electron chi connectivity index (χ2n) is 8.88. The maximum Gasteiger partial charge on any atom is 0.266 e. The van der Waals surface area contributed by atoms with E-state index in [1.54, 1.807) is 27.7 Å². The van der Waals surface area contributed by atoms with E-state index < -0.39 is 0 Å². The Balaban J connectivity index is 1.41. The predicted molar refractivity (Wildman–Crippen MR) is 144 cm³/mol. The van der Waals surface area contributed by atoms with Gasteiger partial charge in [-0.05, 0) is 62.2 Å². The van der Waals surface area contributed by atoms with Crippen molar-refractivity contribution in [2.45, 2.75) is 31.8 Å². The van der Waals surface area contributed by atoms with E-state index in [4.69, 9.17) is 4.98 Å². The average molecular weight is 499 g/mol. The van der Waals surface area contributed by atoms with Crippen molar-refractivity contribution in [1.29, 1.82) is 0 Å². The Labute approximate surface area is 213 Å². The maximum atomic E-state index is 13.5.